The van der Waals surface area contributed by atoms with Gasteiger partial charge >= 0.3 is 0 Å². The normalized spacial score (nSPS) is 12.9. The lowest BCUT2D eigenvalue weighted by atomic mass is 10.0. The second-order valence-electron chi connectivity index (χ2n) is 5.37. The molecule has 2 heterocycles. The lowest BCUT2D eigenvalue weighted by molar-refractivity contribution is 1.16. The van der Waals surface area contributed by atoms with Crippen molar-refractivity contribution in [1.82, 2.24) is 4.98 Å². The molecule has 3 nitrogen and oxygen atoms in total. The number of hydrogen-bond acceptors (Lipinski definition) is 5. The zero-order valence-electron chi connectivity index (χ0n) is 12.2. The predicted octanol–water partition coefficient (Wildman–Crippen LogP) is 4.79. The number of benzene rings is 2. The summed E-state index contributed by atoms with van der Waals surface area (Å²) in [5, 5.41) is 14.0. The van der Waals surface area contributed by atoms with Crippen molar-refractivity contribution >= 4 is 46.7 Å². The monoisotopic (exact) mass is 335 g/mol. The molecule has 2 aromatic carbocycles. The molecule has 23 heavy (non-hydrogen) atoms. The van der Waals surface area contributed by atoms with Crippen LogP contribution in [0.3, 0.4) is 0 Å². The molecule has 5 heteroatoms. The molecule has 0 fully saturated rings. The Morgan fingerprint density at radius 1 is 1.17 bits per heavy atom. The molecule has 0 saturated heterocycles. The van der Waals surface area contributed by atoms with Crippen LogP contribution in [-0.2, 0) is 6.42 Å². The first-order valence-electron chi connectivity index (χ1n) is 7.30. The van der Waals surface area contributed by atoms with E-state index in [4.69, 9.17) is 0 Å². The van der Waals surface area contributed by atoms with Gasteiger partial charge in [0.25, 0.3) is 0 Å². The van der Waals surface area contributed by atoms with Crippen molar-refractivity contribution in [2.45, 2.75) is 16.2 Å². The molecule has 1 N–H and O–H groups in total. The number of aryl methyl sites for hydroxylation is 1. The van der Waals surface area contributed by atoms with Gasteiger partial charge in [0.15, 0.2) is 0 Å². The number of thioether (sulfide) groups is 1. The summed E-state index contributed by atoms with van der Waals surface area (Å²) < 4.78 is 0. The highest BCUT2D eigenvalue weighted by Crippen LogP contribution is 2.40. The summed E-state index contributed by atoms with van der Waals surface area (Å²) in [5.74, 6) is 1.08. The van der Waals surface area contributed by atoms with Crippen LogP contribution < -0.4 is 5.32 Å². The van der Waals surface area contributed by atoms with E-state index in [9.17, 15) is 5.26 Å². The summed E-state index contributed by atoms with van der Waals surface area (Å²) in [6, 6.07) is 14.2. The van der Waals surface area contributed by atoms with Crippen molar-refractivity contribution in [3.05, 3.63) is 53.7 Å². The third-order valence-corrected chi connectivity index (χ3v) is 5.37. The second kappa shape index (κ2) is 5.80. The Morgan fingerprint density at radius 2 is 2.00 bits per heavy atom. The number of rotatable bonds is 2. The van der Waals surface area contributed by atoms with E-state index in [1.54, 1.807) is 6.20 Å². The first-order valence-corrected chi connectivity index (χ1v) is 8.73. The Morgan fingerprint density at radius 3 is 2.78 bits per heavy atom. The van der Waals surface area contributed by atoms with Crippen LogP contribution in [0.5, 0.6) is 0 Å². The Labute approximate surface area is 144 Å². The maximum atomic E-state index is 9.50. The molecule has 3 aromatic rings. The van der Waals surface area contributed by atoms with Crippen LogP contribution in [0.25, 0.3) is 10.9 Å². The zero-order valence-corrected chi connectivity index (χ0v) is 13.9. The fraction of sp³-hybridized carbons (Fsp3) is 0.111. The maximum absolute atomic E-state index is 9.50. The van der Waals surface area contributed by atoms with E-state index in [0.29, 0.717) is 5.56 Å². The van der Waals surface area contributed by atoms with Gasteiger partial charge in [-0.1, -0.05) is 0 Å². The van der Waals surface area contributed by atoms with E-state index < -0.39 is 0 Å². The summed E-state index contributed by atoms with van der Waals surface area (Å²) >= 11 is 6.18. The van der Waals surface area contributed by atoms with E-state index in [1.165, 1.54) is 10.5 Å². The average Bonchev–Trinajstić information content (AvgIpc) is 3.05. The second-order valence-corrected chi connectivity index (χ2v) is 7.02. The van der Waals surface area contributed by atoms with Crippen molar-refractivity contribution in [3.8, 4) is 6.07 Å². The number of nitrogens with zero attached hydrogens (tertiary/aromatic N) is 2. The molecule has 4 rings (SSSR count). The highest BCUT2D eigenvalue weighted by atomic mass is 32.2. The molecule has 0 spiro atoms. The minimum atomic E-state index is 0.567. The van der Waals surface area contributed by atoms with Crippen LogP contribution in [0, 0.1) is 11.3 Å². The molecule has 1 aliphatic rings. The highest BCUT2D eigenvalue weighted by molar-refractivity contribution is 7.99. The molecule has 0 saturated carbocycles. The third kappa shape index (κ3) is 2.54. The number of hydrogen-bond donors (Lipinski definition) is 2. The number of nitriles is 1. The largest absolute Gasteiger partial charge is 0.354 e. The van der Waals surface area contributed by atoms with Gasteiger partial charge in [-0.2, -0.15) is 5.26 Å². The number of pyridine rings is 1. The topological polar surface area (TPSA) is 48.7 Å². The quantitative estimate of drug-likeness (QED) is 0.661. The molecule has 0 aliphatic carbocycles. The van der Waals surface area contributed by atoms with Gasteiger partial charge in [0.1, 0.15) is 6.07 Å². The van der Waals surface area contributed by atoms with Crippen molar-refractivity contribution in [2.75, 3.05) is 11.1 Å². The van der Waals surface area contributed by atoms with Crippen LogP contribution in [0.4, 0.5) is 11.4 Å². The zero-order chi connectivity index (χ0) is 15.8. The highest BCUT2D eigenvalue weighted by Gasteiger charge is 2.19. The summed E-state index contributed by atoms with van der Waals surface area (Å²) in [5.41, 5.74) is 4.58. The van der Waals surface area contributed by atoms with Gasteiger partial charge < -0.3 is 5.32 Å². The van der Waals surface area contributed by atoms with Crippen LogP contribution >= 0.6 is 24.4 Å². The summed E-state index contributed by atoms with van der Waals surface area (Å²) in [7, 11) is 0. The van der Waals surface area contributed by atoms with Crippen LogP contribution in [0.2, 0.25) is 0 Å². The SMILES string of the molecule is N#Cc1cnc2ccc3c(c2c1Nc1ccc(S)cc1)CCS3. The third-order valence-electron chi connectivity index (χ3n) is 3.97. The maximum Gasteiger partial charge on any atom is 0.103 e. The molecule has 0 radical (unpaired) electrons. The molecule has 1 aromatic heterocycles. The fourth-order valence-electron chi connectivity index (χ4n) is 2.89. The average molecular weight is 335 g/mol. The van der Waals surface area contributed by atoms with Crippen molar-refractivity contribution in [1.29, 1.82) is 5.26 Å². The lowest BCUT2D eigenvalue weighted by Crippen LogP contribution is -1.99. The number of anilines is 2. The van der Waals surface area contributed by atoms with Crippen molar-refractivity contribution < 1.29 is 0 Å². The molecule has 0 unspecified atom stereocenters. The minimum absolute atomic E-state index is 0.567. The van der Waals surface area contributed by atoms with Gasteiger partial charge in [-0.3, -0.25) is 4.98 Å². The standard InChI is InChI=1S/C18H13N3S2/c19-9-11-10-20-15-5-6-16-14(7-8-23-16)17(15)18(11)21-12-1-3-13(22)4-2-12/h1-6,10,22H,7-8H2,(H,20,21). The Balaban J connectivity index is 1.94. The summed E-state index contributed by atoms with van der Waals surface area (Å²) in [6.07, 6.45) is 2.66. The van der Waals surface area contributed by atoms with E-state index in [0.717, 1.165) is 39.3 Å². The first kappa shape index (κ1) is 14.4. The number of aromatic nitrogens is 1. The molecule has 1 aliphatic heterocycles. The van der Waals surface area contributed by atoms with Crippen LogP contribution in [0.1, 0.15) is 11.1 Å². The molecule has 112 valence electrons. The van der Waals surface area contributed by atoms with Gasteiger partial charge in [0.05, 0.1) is 16.8 Å². The van der Waals surface area contributed by atoms with Gasteiger partial charge in [0.2, 0.25) is 0 Å². The Bertz CT molecular complexity index is 943. The first-order chi connectivity index (χ1) is 11.3. The molecular weight excluding hydrogens is 322 g/mol. The van der Waals surface area contributed by atoms with Crippen LogP contribution in [-0.4, -0.2) is 10.7 Å². The lowest BCUT2D eigenvalue weighted by Gasteiger charge is -2.14. The fourth-order valence-corrected chi connectivity index (χ4v) is 4.10. The number of thiol groups is 1. The van der Waals surface area contributed by atoms with E-state index in [1.807, 2.05) is 42.1 Å². The molecule has 0 amide bonds. The van der Waals surface area contributed by atoms with Crippen LogP contribution in [0.15, 0.2) is 52.4 Å². The van der Waals surface area contributed by atoms with Crippen molar-refractivity contribution in [2.24, 2.45) is 0 Å². The summed E-state index contributed by atoms with van der Waals surface area (Å²) in [4.78, 5) is 6.67. The van der Waals surface area contributed by atoms with E-state index in [2.05, 4.69) is 35.1 Å². The van der Waals surface area contributed by atoms with Gasteiger partial charge in [-0.15, -0.1) is 24.4 Å². The molecule has 0 atom stereocenters. The molecular formula is C18H13N3S2. The van der Waals surface area contributed by atoms with Gasteiger partial charge in [-0.25, -0.2) is 0 Å². The predicted molar refractivity (Wildman–Crippen MR) is 97.9 cm³/mol. The van der Waals surface area contributed by atoms with E-state index in [-0.39, 0.29) is 0 Å². The van der Waals surface area contributed by atoms with Gasteiger partial charge in [-0.05, 0) is 48.4 Å². The smallest absolute Gasteiger partial charge is 0.103 e. The molecule has 0 bridgehead atoms. The minimum Gasteiger partial charge on any atom is -0.354 e. The van der Waals surface area contributed by atoms with Crippen molar-refractivity contribution in [3.63, 3.8) is 0 Å². The number of fused-ring (bicyclic) bond motifs is 3. The Kier molecular flexibility index (Phi) is 3.64. The van der Waals surface area contributed by atoms with E-state index >= 15 is 0 Å². The van der Waals surface area contributed by atoms with Gasteiger partial charge in [0, 0.05) is 32.8 Å². The number of nitrogens with one attached hydrogen (secondary N) is 1. The summed E-state index contributed by atoms with van der Waals surface area (Å²) in [6.45, 7) is 0. The Hall–Kier alpha value is -2.16.